The van der Waals surface area contributed by atoms with E-state index in [1.54, 1.807) is 11.1 Å². The van der Waals surface area contributed by atoms with Crippen LogP contribution in [0.4, 0.5) is 20.3 Å². The van der Waals surface area contributed by atoms with Crippen molar-refractivity contribution in [3.05, 3.63) is 52.8 Å². The summed E-state index contributed by atoms with van der Waals surface area (Å²) in [5.74, 6) is -0.160. The van der Waals surface area contributed by atoms with Crippen LogP contribution in [0.1, 0.15) is 65.5 Å². The zero-order valence-electron chi connectivity index (χ0n) is 20.2. The average Bonchev–Trinajstić information content (AvgIpc) is 3.61. The van der Waals surface area contributed by atoms with Crippen LogP contribution in [0.5, 0.6) is 0 Å². The van der Waals surface area contributed by atoms with Crippen molar-refractivity contribution in [3.63, 3.8) is 0 Å². The number of benzene rings is 1. The molecule has 0 unspecified atom stereocenters. The molecule has 0 spiro atoms. The highest BCUT2D eigenvalue weighted by Crippen LogP contribution is 2.37. The number of amides is 2. The standard InChI is InChI=1S/C25H26F2N6O3/c1-25(2,3)32-10-13-6-17(21(26)27)19(8-16(13)24(32)35)29-23(34)18-9-28-33-5-4-20(30-22(18)33)31-11-15-7-14(31)12-36-15/h4-6,8-9,14-15,21H,7,10-12H2,1-3H3,(H,29,34)/t14-,15-/m1/s1. The van der Waals surface area contributed by atoms with Gasteiger partial charge < -0.3 is 19.9 Å². The molecule has 2 saturated heterocycles. The Morgan fingerprint density at radius 1 is 1.28 bits per heavy atom. The largest absolute Gasteiger partial charge is 0.374 e. The fourth-order valence-electron chi connectivity index (χ4n) is 5.26. The monoisotopic (exact) mass is 496 g/mol. The molecule has 0 radical (unpaired) electrons. The Morgan fingerprint density at radius 3 is 2.75 bits per heavy atom. The van der Waals surface area contributed by atoms with E-state index in [1.165, 1.54) is 22.8 Å². The lowest BCUT2D eigenvalue weighted by Gasteiger charge is -2.31. The first-order chi connectivity index (χ1) is 17.1. The molecule has 3 aliphatic rings. The van der Waals surface area contributed by atoms with Crippen molar-refractivity contribution in [1.29, 1.82) is 0 Å². The zero-order chi connectivity index (χ0) is 25.4. The van der Waals surface area contributed by atoms with Crippen LogP contribution in [-0.4, -0.2) is 62.1 Å². The van der Waals surface area contributed by atoms with Gasteiger partial charge in [0.2, 0.25) is 0 Å². The second-order valence-corrected chi connectivity index (χ2v) is 10.5. The SMILES string of the molecule is CC(C)(C)N1Cc2cc(C(F)F)c(NC(=O)c3cnn4ccc(N5C[C@H]6C[C@@H]5CO6)nc34)cc2C1=O. The smallest absolute Gasteiger partial charge is 0.265 e. The molecule has 6 rings (SSSR count). The number of nitrogens with zero attached hydrogens (tertiary/aromatic N) is 5. The maximum Gasteiger partial charge on any atom is 0.265 e. The topological polar surface area (TPSA) is 92.1 Å². The van der Waals surface area contributed by atoms with Crippen LogP contribution in [0.25, 0.3) is 5.65 Å². The third-order valence-electron chi connectivity index (χ3n) is 7.17. The number of nitrogens with one attached hydrogen (secondary N) is 1. The molecule has 1 aromatic carbocycles. The molecule has 2 atom stereocenters. The van der Waals surface area contributed by atoms with Crippen LogP contribution in [0.15, 0.2) is 30.6 Å². The summed E-state index contributed by atoms with van der Waals surface area (Å²) in [6, 6.07) is 4.75. The highest BCUT2D eigenvalue weighted by molar-refractivity contribution is 6.09. The predicted octanol–water partition coefficient (Wildman–Crippen LogP) is 3.65. The summed E-state index contributed by atoms with van der Waals surface area (Å²) in [6.45, 7) is 7.29. The van der Waals surface area contributed by atoms with Crippen LogP contribution < -0.4 is 10.2 Å². The maximum absolute atomic E-state index is 14.0. The first-order valence-corrected chi connectivity index (χ1v) is 11.9. The Hall–Kier alpha value is -3.60. The van der Waals surface area contributed by atoms with Gasteiger partial charge in [0.1, 0.15) is 11.4 Å². The minimum Gasteiger partial charge on any atom is -0.374 e. The van der Waals surface area contributed by atoms with E-state index in [9.17, 15) is 18.4 Å². The summed E-state index contributed by atoms with van der Waals surface area (Å²) in [7, 11) is 0. The Bertz CT molecular complexity index is 1400. The molecule has 5 heterocycles. The quantitative estimate of drug-likeness (QED) is 0.593. The Labute approximate surface area is 206 Å². The van der Waals surface area contributed by atoms with Crippen LogP contribution in [0, 0.1) is 0 Å². The normalized spacial score (nSPS) is 21.2. The number of halogens is 2. The molecule has 36 heavy (non-hydrogen) atoms. The number of fused-ring (bicyclic) bond motifs is 4. The van der Waals surface area contributed by atoms with Crippen molar-refractivity contribution in [2.24, 2.45) is 0 Å². The third kappa shape index (κ3) is 3.60. The minimum absolute atomic E-state index is 0.0950. The van der Waals surface area contributed by atoms with Gasteiger partial charge in [0.25, 0.3) is 18.2 Å². The lowest BCUT2D eigenvalue weighted by Crippen LogP contribution is -2.41. The van der Waals surface area contributed by atoms with Crippen LogP contribution >= 0.6 is 0 Å². The average molecular weight is 497 g/mol. The van der Waals surface area contributed by atoms with E-state index in [2.05, 4.69) is 20.3 Å². The molecule has 9 nitrogen and oxygen atoms in total. The molecule has 2 amide bonds. The number of ether oxygens (including phenoxy) is 1. The fraction of sp³-hybridized carbons (Fsp3) is 0.440. The van der Waals surface area contributed by atoms with Gasteiger partial charge in [-0.1, -0.05) is 0 Å². The molecule has 2 bridgehead atoms. The first kappa shape index (κ1) is 22.8. The number of hydrogen-bond donors (Lipinski definition) is 1. The first-order valence-electron chi connectivity index (χ1n) is 11.9. The second kappa shape index (κ2) is 7.95. The summed E-state index contributed by atoms with van der Waals surface area (Å²) < 4.78 is 35.1. The summed E-state index contributed by atoms with van der Waals surface area (Å²) in [4.78, 5) is 34.7. The lowest BCUT2D eigenvalue weighted by molar-refractivity contribution is 0.0609. The highest BCUT2D eigenvalue weighted by atomic mass is 19.3. The minimum atomic E-state index is -2.83. The van der Waals surface area contributed by atoms with E-state index in [4.69, 9.17) is 4.74 Å². The number of rotatable bonds is 4. The molecule has 3 aromatic rings. The van der Waals surface area contributed by atoms with Crippen molar-refractivity contribution in [3.8, 4) is 0 Å². The molecule has 11 heteroatoms. The predicted molar refractivity (Wildman–Crippen MR) is 127 cm³/mol. The molecule has 0 aliphatic carbocycles. The molecular weight excluding hydrogens is 470 g/mol. The van der Waals surface area contributed by atoms with Gasteiger partial charge in [-0.05, 0) is 51.0 Å². The van der Waals surface area contributed by atoms with Crippen LogP contribution in [0.3, 0.4) is 0 Å². The van der Waals surface area contributed by atoms with Gasteiger partial charge in [-0.2, -0.15) is 5.10 Å². The van der Waals surface area contributed by atoms with Crippen molar-refractivity contribution in [2.75, 3.05) is 23.4 Å². The maximum atomic E-state index is 14.0. The Kier molecular flexibility index (Phi) is 5.05. The molecule has 188 valence electrons. The number of carbonyl (C=O) groups is 2. The van der Waals surface area contributed by atoms with Gasteiger partial charge in [-0.3, -0.25) is 9.59 Å². The van der Waals surface area contributed by atoms with Crippen molar-refractivity contribution < 1.29 is 23.1 Å². The summed E-state index contributed by atoms with van der Waals surface area (Å²) in [6.07, 6.45) is 1.39. The van der Waals surface area contributed by atoms with Crippen molar-refractivity contribution in [1.82, 2.24) is 19.5 Å². The van der Waals surface area contributed by atoms with E-state index in [1.807, 2.05) is 26.8 Å². The van der Waals surface area contributed by atoms with Gasteiger partial charge in [0.05, 0.1) is 30.6 Å². The molecule has 3 aliphatic heterocycles. The Morgan fingerprint density at radius 2 is 2.08 bits per heavy atom. The molecule has 0 saturated carbocycles. The number of carbonyl (C=O) groups excluding carboxylic acids is 2. The van der Waals surface area contributed by atoms with Crippen LogP contribution in [0.2, 0.25) is 0 Å². The van der Waals surface area contributed by atoms with Crippen molar-refractivity contribution in [2.45, 2.75) is 57.8 Å². The van der Waals surface area contributed by atoms with Crippen molar-refractivity contribution >= 4 is 29.0 Å². The summed E-state index contributed by atoms with van der Waals surface area (Å²) in [5, 5.41) is 6.79. The fourth-order valence-corrected chi connectivity index (χ4v) is 5.26. The number of anilines is 2. The van der Waals surface area contributed by atoms with E-state index >= 15 is 0 Å². The highest BCUT2D eigenvalue weighted by Gasteiger charge is 2.40. The van der Waals surface area contributed by atoms with Gasteiger partial charge in [0, 0.05) is 36.0 Å². The number of alkyl halides is 2. The lowest BCUT2D eigenvalue weighted by atomic mass is 10.0. The molecule has 1 N–H and O–H groups in total. The van der Waals surface area contributed by atoms with Gasteiger partial charge >= 0.3 is 0 Å². The second-order valence-electron chi connectivity index (χ2n) is 10.5. The number of aromatic nitrogens is 3. The van der Waals surface area contributed by atoms with E-state index < -0.39 is 17.9 Å². The van der Waals surface area contributed by atoms with E-state index in [0.717, 1.165) is 13.0 Å². The van der Waals surface area contributed by atoms with Gasteiger partial charge in [-0.15, -0.1) is 0 Å². The number of hydrogen-bond acceptors (Lipinski definition) is 6. The molecule has 2 aromatic heterocycles. The molecular formula is C25H26F2N6O3. The van der Waals surface area contributed by atoms with Gasteiger partial charge in [0.15, 0.2) is 5.65 Å². The number of morpholine rings is 1. The Balaban J connectivity index is 1.32. The van der Waals surface area contributed by atoms with Gasteiger partial charge in [-0.25, -0.2) is 18.3 Å². The summed E-state index contributed by atoms with van der Waals surface area (Å²) in [5.41, 5.74) is 0.424. The van der Waals surface area contributed by atoms with E-state index in [-0.39, 0.29) is 41.4 Å². The van der Waals surface area contributed by atoms with E-state index in [0.29, 0.717) is 29.2 Å². The van der Waals surface area contributed by atoms with Crippen LogP contribution in [-0.2, 0) is 11.3 Å². The third-order valence-corrected chi connectivity index (χ3v) is 7.17. The molecule has 2 fully saturated rings. The zero-order valence-corrected chi connectivity index (χ0v) is 20.2. The summed E-state index contributed by atoms with van der Waals surface area (Å²) >= 11 is 0.